The molecule has 1 aliphatic carbocycles. The largest absolute Gasteiger partial charge is 0.505 e. The Balaban J connectivity index is 2.27. The molecule has 20 heavy (non-hydrogen) atoms. The lowest BCUT2D eigenvalue weighted by Crippen LogP contribution is -2.11. The summed E-state index contributed by atoms with van der Waals surface area (Å²) in [5.41, 5.74) is 2.79. The van der Waals surface area contributed by atoms with Crippen molar-refractivity contribution in [3.8, 4) is 5.75 Å². The molecule has 1 aliphatic rings. The van der Waals surface area contributed by atoms with Gasteiger partial charge in [-0.15, -0.1) is 0 Å². The predicted octanol–water partition coefficient (Wildman–Crippen LogP) is 5.28. The number of benzene rings is 1. The molecule has 0 aromatic heterocycles. The van der Waals surface area contributed by atoms with Gasteiger partial charge in [-0.25, -0.2) is 0 Å². The summed E-state index contributed by atoms with van der Waals surface area (Å²) >= 11 is 0. The Bertz CT molecular complexity index is 491. The molecule has 0 heterocycles. The first-order valence-corrected chi connectivity index (χ1v) is 7.76. The van der Waals surface area contributed by atoms with Crippen LogP contribution in [0.3, 0.4) is 0 Å². The molecule has 1 aromatic rings. The fraction of sp³-hybridized carbons (Fsp3) is 0.611. The van der Waals surface area contributed by atoms with E-state index < -0.39 is 0 Å². The van der Waals surface area contributed by atoms with Crippen LogP contribution >= 0.6 is 0 Å². The number of hydrogen-bond acceptors (Lipinski definition) is 2. The van der Waals surface area contributed by atoms with Crippen LogP contribution in [0.25, 0.3) is 0 Å². The van der Waals surface area contributed by atoms with Gasteiger partial charge in [-0.3, -0.25) is 4.99 Å². The van der Waals surface area contributed by atoms with Crippen LogP contribution in [0.5, 0.6) is 5.75 Å². The quantitative estimate of drug-likeness (QED) is 0.730. The predicted molar refractivity (Wildman–Crippen MR) is 86.3 cm³/mol. The maximum atomic E-state index is 10.5. The monoisotopic (exact) mass is 273 g/mol. The molecule has 0 radical (unpaired) electrons. The van der Waals surface area contributed by atoms with Crippen LogP contribution in [-0.2, 0) is 5.41 Å². The topological polar surface area (TPSA) is 32.6 Å². The van der Waals surface area contributed by atoms with Gasteiger partial charge >= 0.3 is 0 Å². The number of aliphatic imine (C=N–C) groups is 1. The van der Waals surface area contributed by atoms with Crippen LogP contribution in [0.15, 0.2) is 17.1 Å². The van der Waals surface area contributed by atoms with E-state index in [4.69, 9.17) is 0 Å². The molecule has 2 nitrogen and oxygen atoms in total. The highest BCUT2D eigenvalue weighted by atomic mass is 16.3. The van der Waals surface area contributed by atoms with Crippen molar-refractivity contribution in [3.05, 3.63) is 23.3 Å². The van der Waals surface area contributed by atoms with Crippen molar-refractivity contribution in [2.75, 3.05) is 0 Å². The zero-order valence-electron chi connectivity index (χ0n) is 13.2. The number of phenolic OH excluding ortho intramolecular Hbond substituents is 1. The second-order valence-electron chi connectivity index (χ2n) is 7.11. The zero-order chi connectivity index (χ0) is 14.8. The Morgan fingerprint density at radius 3 is 2.40 bits per heavy atom. The Morgan fingerprint density at radius 1 is 1.15 bits per heavy atom. The third-order valence-corrected chi connectivity index (χ3v) is 4.12. The van der Waals surface area contributed by atoms with E-state index in [1.165, 1.54) is 32.1 Å². The van der Waals surface area contributed by atoms with E-state index in [1.54, 1.807) is 0 Å². The number of rotatable bonds is 2. The van der Waals surface area contributed by atoms with E-state index in [1.807, 2.05) is 6.07 Å². The summed E-state index contributed by atoms with van der Waals surface area (Å²) in [5, 5.41) is 10.5. The molecular formula is C18H27NO. The number of nitrogens with zero attached hydrogens (tertiary/aromatic N) is 1. The molecule has 2 heteroatoms. The molecule has 1 saturated carbocycles. The van der Waals surface area contributed by atoms with Gasteiger partial charge in [-0.1, -0.05) is 46.1 Å². The van der Waals surface area contributed by atoms with Gasteiger partial charge < -0.3 is 5.11 Å². The lowest BCUT2D eigenvalue weighted by molar-refractivity contribution is 0.443. The maximum Gasteiger partial charge on any atom is 0.144 e. The molecule has 0 amide bonds. The Labute approximate surface area is 122 Å². The van der Waals surface area contributed by atoms with Gasteiger partial charge in [-0.2, -0.15) is 0 Å². The van der Waals surface area contributed by atoms with Gasteiger partial charge in [0.25, 0.3) is 0 Å². The third kappa shape index (κ3) is 3.62. The van der Waals surface area contributed by atoms with E-state index in [2.05, 4.69) is 45.0 Å². The highest BCUT2D eigenvalue weighted by Crippen LogP contribution is 2.39. The number of aromatic hydroxyl groups is 1. The molecule has 0 spiro atoms. The SMILES string of the molecule is Cc1cc(/N=C\C2CCCCC2)c(O)c(C(C)(C)C)c1. The Morgan fingerprint density at radius 2 is 1.80 bits per heavy atom. The van der Waals surface area contributed by atoms with Crippen molar-refractivity contribution in [1.29, 1.82) is 0 Å². The molecule has 1 N–H and O–H groups in total. The van der Waals surface area contributed by atoms with Gasteiger partial charge in [-0.05, 0) is 42.7 Å². The fourth-order valence-corrected chi connectivity index (χ4v) is 2.90. The van der Waals surface area contributed by atoms with Crippen molar-refractivity contribution in [2.45, 2.75) is 65.2 Å². The number of phenols is 1. The highest BCUT2D eigenvalue weighted by Gasteiger charge is 2.20. The fourth-order valence-electron chi connectivity index (χ4n) is 2.90. The number of aryl methyl sites for hydroxylation is 1. The second kappa shape index (κ2) is 5.99. The highest BCUT2D eigenvalue weighted by molar-refractivity contribution is 5.70. The molecular weight excluding hydrogens is 246 g/mol. The van der Waals surface area contributed by atoms with Crippen molar-refractivity contribution in [2.24, 2.45) is 10.9 Å². The average Bonchev–Trinajstić information content (AvgIpc) is 2.39. The number of hydrogen-bond donors (Lipinski definition) is 1. The third-order valence-electron chi connectivity index (χ3n) is 4.12. The van der Waals surface area contributed by atoms with Gasteiger partial charge in [0.1, 0.15) is 11.4 Å². The lowest BCUT2D eigenvalue weighted by Gasteiger charge is -2.22. The minimum Gasteiger partial charge on any atom is -0.505 e. The Kier molecular flexibility index (Phi) is 4.52. The summed E-state index contributed by atoms with van der Waals surface area (Å²) in [5.74, 6) is 0.928. The molecule has 0 unspecified atom stereocenters. The van der Waals surface area contributed by atoms with Crippen LogP contribution in [0.2, 0.25) is 0 Å². The summed E-state index contributed by atoms with van der Waals surface area (Å²) in [4.78, 5) is 4.59. The maximum absolute atomic E-state index is 10.5. The summed E-state index contributed by atoms with van der Waals surface area (Å²) in [6.45, 7) is 8.43. The van der Waals surface area contributed by atoms with Crippen molar-refractivity contribution < 1.29 is 5.11 Å². The molecule has 1 aromatic carbocycles. The minimum absolute atomic E-state index is 0.0643. The van der Waals surface area contributed by atoms with Crippen LogP contribution in [0.4, 0.5) is 5.69 Å². The molecule has 0 aliphatic heterocycles. The van der Waals surface area contributed by atoms with E-state index in [0.717, 1.165) is 16.8 Å². The van der Waals surface area contributed by atoms with Gasteiger partial charge in [0.2, 0.25) is 0 Å². The molecule has 2 rings (SSSR count). The van der Waals surface area contributed by atoms with Crippen molar-refractivity contribution in [3.63, 3.8) is 0 Å². The molecule has 1 fully saturated rings. The zero-order valence-corrected chi connectivity index (χ0v) is 13.2. The average molecular weight is 273 g/mol. The van der Waals surface area contributed by atoms with E-state index in [0.29, 0.717) is 11.7 Å². The van der Waals surface area contributed by atoms with Gasteiger partial charge in [0, 0.05) is 11.8 Å². The standard InChI is InChI=1S/C18H27NO/c1-13-10-15(18(2,3)4)17(20)16(11-13)19-12-14-8-6-5-7-9-14/h10-12,14,20H,5-9H2,1-4H3/b19-12-. The molecule has 110 valence electrons. The summed E-state index contributed by atoms with van der Waals surface area (Å²) in [6, 6.07) is 4.04. The van der Waals surface area contributed by atoms with Crippen LogP contribution in [0, 0.1) is 12.8 Å². The molecule has 0 atom stereocenters. The molecule has 0 saturated heterocycles. The van der Waals surface area contributed by atoms with Crippen LogP contribution < -0.4 is 0 Å². The Hall–Kier alpha value is -1.31. The van der Waals surface area contributed by atoms with E-state index in [-0.39, 0.29) is 5.41 Å². The van der Waals surface area contributed by atoms with Crippen molar-refractivity contribution >= 4 is 11.9 Å². The first kappa shape index (κ1) is 15.1. The lowest BCUT2D eigenvalue weighted by atomic mass is 9.85. The second-order valence-corrected chi connectivity index (χ2v) is 7.11. The van der Waals surface area contributed by atoms with E-state index in [9.17, 15) is 5.11 Å². The summed E-state index contributed by atoms with van der Waals surface area (Å²) in [6.07, 6.45) is 8.51. The van der Waals surface area contributed by atoms with Gasteiger partial charge in [0.05, 0.1) is 0 Å². The first-order valence-electron chi connectivity index (χ1n) is 7.76. The first-order chi connectivity index (χ1) is 9.38. The van der Waals surface area contributed by atoms with Crippen molar-refractivity contribution in [1.82, 2.24) is 0 Å². The van der Waals surface area contributed by atoms with Gasteiger partial charge in [0.15, 0.2) is 0 Å². The van der Waals surface area contributed by atoms with Crippen LogP contribution in [0.1, 0.15) is 64.0 Å². The summed E-state index contributed by atoms with van der Waals surface area (Å²) < 4.78 is 0. The molecule has 0 bridgehead atoms. The normalized spacial score (nSPS) is 17.8. The summed E-state index contributed by atoms with van der Waals surface area (Å²) in [7, 11) is 0. The minimum atomic E-state index is -0.0643. The smallest absolute Gasteiger partial charge is 0.144 e. The van der Waals surface area contributed by atoms with E-state index >= 15 is 0 Å². The van der Waals surface area contributed by atoms with Crippen LogP contribution in [-0.4, -0.2) is 11.3 Å².